The minimum absolute atomic E-state index is 0.0158. The summed E-state index contributed by atoms with van der Waals surface area (Å²) in [5.74, 6) is 0.379. The zero-order valence-electron chi connectivity index (χ0n) is 11.9. The van der Waals surface area contributed by atoms with Gasteiger partial charge in [0.15, 0.2) is 15.6 Å². The van der Waals surface area contributed by atoms with E-state index >= 15 is 0 Å². The molecular formula is C16H22O3S. The van der Waals surface area contributed by atoms with Gasteiger partial charge in [0.25, 0.3) is 0 Å². The van der Waals surface area contributed by atoms with Gasteiger partial charge in [-0.1, -0.05) is 50.1 Å². The molecular weight excluding hydrogens is 272 g/mol. The van der Waals surface area contributed by atoms with Crippen molar-refractivity contribution in [1.29, 1.82) is 0 Å². The molecule has 20 heavy (non-hydrogen) atoms. The Kier molecular flexibility index (Phi) is 4.97. The second kappa shape index (κ2) is 6.53. The smallest absolute Gasteiger partial charge is 0.163 e. The van der Waals surface area contributed by atoms with Crippen LogP contribution in [0.1, 0.15) is 49.4 Å². The van der Waals surface area contributed by atoms with Crippen molar-refractivity contribution in [2.24, 2.45) is 5.92 Å². The molecule has 0 bridgehead atoms. The van der Waals surface area contributed by atoms with Gasteiger partial charge in [0.2, 0.25) is 0 Å². The van der Waals surface area contributed by atoms with Gasteiger partial charge in [-0.15, -0.1) is 0 Å². The average Bonchev–Trinajstić information content (AvgIpc) is 2.46. The van der Waals surface area contributed by atoms with Crippen molar-refractivity contribution in [3.63, 3.8) is 0 Å². The third-order valence-electron chi connectivity index (χ3n) is 4.11. The maximum atomic E-state index is 12.3. The number of Topliss-reactive ketones (excluding diaryl/α,β-unsaturated/α-hetero) is 1. The number of sulfone groups is 1. The van der Waals surface area contributed by atoms with Gasteiger partial charge in [0.05, 0.1) is 11.0 Å². The van der Waals surface area contributed by atoms with Crippen molar-refractivity contribution in [3.8, 4) is 0 Å². The molecule has 1 aliphatic carbocycles. The molecule has 0 heterocycles. The monoisotopic (exact) mass is 294 g/mol. The number of hydrogen-bond donors (Lipinski definition) is 0. The molecule has 1 aromatic carbocycles. The topological polar surface area (TPSA) is 51.2 Å². The van der Waals surface area contributed by atoms with E-state index < -0.39 is 9.84 Å². The molecule has 0 saturated heterocycles. The van der Waals surface area contributed by atoms with Crippen LogP contribution in [0.25, 0.3) is 0 Å². The highest BCUT2D eigenvalue weighted by molar-refractivity contribution is 7.92. The second-order valence-corrected chi connectivity index (χ2v) is 8.20. The van der Waals surface area contributed by atoms with Crippen LogP contribution >= 0.6 is 0 Å². The van der Waals surface area contributed by atoms with Crippen LogP contribution in [0.15, 0.2) is 30.3 Å². The van der Waals surface area contributed by atoms with E-state index in [0.717, 1.165) is 25.7 Å². The normalized spacial score (nSPS) is 23.4. The van der Waals surface area contributed by atoms with Gasteiger partial charge in [0, 0.05) is 12.0 Å². The summed E-state index contributed by atoms with van der Waals surface area (Å²) in [6, 6.07) is 8.90. The zero-order valence-corrected chi connectivity index (χ0v) is 12.7. The molecule has 1 saturated carbocycles. The number of benzene rings is 1. The zero-order chi connectivity index (χ0) is 14.6. The Morgan fingerprint density at radius 1 is 1.20 bits per heavy atom. The van der Waals surface area contributed by atoms with E-state index in [1.54, 1.807) is 24.3 Å². The van der Waals surface area contributed by atoms with Crippen LogP contribution in [0.3, 0.4) is 0 Å². The summed E-state index contributed by atoms with van der Waals surface area (Å²) in [7, 11) is -3.14. The molecule has 110 valence electrons. The lowest BCUT2D eigenvalue weighted by Crippen LogP contribution is -2.30. The van der Waals surface area contributed by atoms with Gasteiger partial charge in [-0.05, 0) is 18.8 Å². The van der Waals surface area contributed by atoms with Gasteiger partial charge in [-0.2, -0.15) is 0 Å². The Balaban J connectivity index is 1.94. The number of carbonyl (C=O) groups is 1. The summed E-state index contributed by atoms with van der Waals surface area (Å²) in [5, 5.41) is -0.241. The third-order valence-corrected chi connectivity index (χ3v) is 6.32. The third kappa shape index (κ3) is 3.92. The summed E-state index contributed by atoms with van der Waals surface area (Å²) < 4.78 is 24.6. The van der Waals surface area contributed by atoms with Crippen molar-refractivity contribution in [3.05, 3.63) is 35.9 Å². The molecule has 4 heteroatoms. The fraction of sp³-hybridized carbons (Fsp3) is 0.562. The average molecular weight is 294 g/mol. The number of ketones is 1. The molecule has 1 aliphatic rings. The Bertz CT molecular complexity index is 548. The predicted octanol–water partition coefficient (Wildman–Crippen LogP) is 3.25. The molecule has 0 aliphatic heterocycles. The van der Waals surface area contributed by atoms with Crippen molar-refractivity contribution in [2.75, 3.05) is 5.75 Å². The van der Waals surface area contributed by atoms with Crippen LogP contribution in [-0.2, 0) is 9.84 Å². The van der Waals surface area contributed by atoms with E-state index in [9.17, 15) is 13.2 Å². The Morgan fingerprint density at radius 2 is 1.90 bits per heavy atom. The van der Waals surface area contributed by atoms with Crippen LogP contribution in [0, 0.1) is 5.92 Å². The van der Waals surface area contributed by atoms with Crippen molar-refractivity contribution >= 4 is 15.6 Å². The molecule has 2 rings (SSSR count). The van der Waals surface area contributed by atoms with E-state index in [4.69, 9.17) is 0 Å². The first-order valence-corrected chi connectivity index (χ1v) is 9.00. The summed E-state index contributed by atoms with van der Waals surface area (Å²) in [4.78, 5) is 12.0. The predicted molar refractivity (Wildman–Crippen MR) is 80.6 cm³/mol. The van der Waals surface area contributed by atoms with Crippen molar-refractivity contribution in [1.82, 2.24) is 0 Å². The lowest BCUT2D eigenvalue weighted by molar-refractivity contribution is 0.0988. The summed E-state index contributed by atoms with van der Waals surface area (Å²) >= 11 is 0. The van der Waals surface area contributed by atoms with E-state index in [1.807, 2.05) is 6.07 Å². The highest BCUT2D eigenvalue weighted by atomic mass is 32.2. The Labute approximate surface area is 121 Å². The second-order valence-electron chi connectivity index (χ2n) is 5.80. The quantitative estimate of drug-likeness (QED) is 0.783. The summed E-state index contributed by atoms with van der Waals surface area (Å²) in [6.45, 7) is 2.11. The van der Waals surface area contributed by atoms with Crippen molar-refractivity contribution in [2.45, 2.75) is 44.3 Å². The first kappa shape index (κ1) is 15.2. The largest absolute Gasteiger partial charge is 0.294 e. The number of rotatable bonds is 5. The van der Waals surface area contributed by atoms with E-state index in [1.165, 1.54) is 0 Å². The number of carbonyl (C=O) groups excluding carboxylic acids is 1. The first-order chi connectivity index (χ1) is 9.49. The minimum Gasteiger partial charge on any atom is -0.294 e. The molecule has 1 fully saturated rings. The van der Waals surface area contributed by atoms with Crippen LogP contribution < -0.4 is 0 Å². The molecule has 3 nitrogen and oxygen atoms in total. The fourth-order valence-electron chi connectivity index (χ4n) is 2.87. The highest BCUT2D eigenvalue weighted by Gasteiger charge is 2.30. The van der Waals surface area contributed by atoms with Gasteiger partial charge in [-0.25, -0.2) is 8.42 Å². The van der Waals surface area contributed by atoms with E-state index in [-0.39, 0.29) is 23.2 Å². The van der Waals surface area contributed by atoms with Crippen molar-refractivity contribution < 1.29 is 13.2 Å². The Hall–Kier alpha value is -1.16. The fourth-order valence-corrected chi connectivity index (χ4v) is 4.83. The summed E-state index contributed by atoms with van der Waals surface area (Å²) in [6.07, 6.45) is 3.71. The minimum atomic E-state index is -3.14. The SMILES string of the molecule is CC1CCCC(S(=O)(=O)CCC(=O)c2ccccc2)C1. The standard InChI is InChI=1S/C16H22O3S/c1-13-6-5-9-15(12-13)20(18,19)11-10-16(17)14-7-3-2-4-8-14/h2-4,7-8,13,15H,5-6,9-12H2,1H3. The molecule has 2 unspecified atom stereocenters. The van der Waals surface area contributed by atoms with Crippen LogP contribution in [0.4, 0.5) is 0 Å². The molecule has 0 aromatic heterocycles. The molecule has 1 aromatic rings. The van der Waals surface area contributed by atoms with E-state index in [2.05, 4.69) is 6.92 Å². The summed E-state index contributed by atoms with van der Waals surface area (Å²) in [5.41, 5.74) is 0.597. The molecule has 0 spiro atoms. The first-order valence-electron chi connectivity index (χ1n) is 7.29. The van der Waals surface area contributed by atoms with Gasteiger partial charge >= 0.3 is 0 Å². The van der Waals surface area contributed by atoms with Gasteiger partial charge in [0.1, 0.15) is 0 Å². The maximum absolute atomic E-state index is 12.3. The lowest BCUT2D eigenvalue weighted by Gasteiger charge is -2.26. The lowest BCUT2D eigenvalue weighted by atomic mass is 9.91. The van der Waals surface area contributed by atoms with Crippen LogP contribution in [-0.4, -0.2) is 25.2 Å². The maximum Gasteiger partial charge on any atom is 0.163 e. The van der Waals surface area contributed by atoms with Gasteiger partial charge < -0.3 is 0 Å². The van der Waals surface area contributed by atoms with E-state index in [0.29, 0.717) is 11.5 Å². The molecule has 2 atom stereocenters. The van der Waals surface area contributed by atoms with Gasteiger partial charge in [-0.3, -0.25) is 4.79 Å². The molecule has 0 radical (unpaired) electrons. The molecule has 0 amide bonds. The molecule has 0 N–H and O–H groups in total. The van der Waals surface area contributed by atoms with Crippen LogP contribution in [0.2, 0.25) is 0 Å². The Morgan fingerprint density at radius 3 is 2.55 bits per heavy atom. The number of hydrogen-bond acceptors (Lipinski definition) is 3. The highest BCUT2D eigenvalue weighted by Crippen LogP contribution is 2.29. The van der Waals surface area contributed by atoms with Crippen LogP contribution in [0.5, 0.6) is 0 Å².